The molecular weight excluding hydrogens is 254 g/mol. The van der Waals surface area contributed by atoms with Crippen LogP contribution in [0.5, 0.6) is 5.88 Å². The fraction of sp³-hybridized carbons (Fsp3) is 0.231. The van der Waals surface area contributed by atoms with Gasteiger partial charge >= 0.3 is 0 Å². The van der Waals surface area contributed by atoms with Crippen molar-refractivity contribution in [1.82, 2.24) is 9.78 Å². The van der Waals surface area contributed by atoms with E-state index in [0.29, 0.717) is 4.68 Å². The predicted molar refractivity (Wildman–Crippen MR) is 65.4 cm³/mol. The second-order valence-corrected chi connectivity index (χ2v) is 3.94. The first-order valence-corrected chi connectivity index (χ1v) is 5.58. The second-order valence-electron chi connectivity index (χ2n) is 3.94. The van der Waals surface area contributed by atoms with Gasteiger partial charge < -0.3 is 4.74 Å². The number of alkyl halides is 2. The van der Waals surface area contributed by atoms with Gasteiger partial charge in [-0.3, -0.25) is 4.79 Å². The van der Waals surface area contributed by atoms with Gasteiger partial charge in [0.15, 0.2) is 0 Å². The Hall–Kier alpha value is -2.24. The van der Waals surface area contributed by atoms with Crippen LogP contribution in [-0.2, 0) is 12.5 Å². The molecule has 0 aliphatic carbocycles. The van der Waals surface area contributed by atoms with Crippen molar-refractivity contribution in [2.75, 3.05) is 7.11 Å². The number of rotatable bonds is 4. The fourth-order valence-corrected chi connectivity index (χ4v) is 1.61. The van der Waals surface area contributed by atoms with E-state index in [9.17, 15) is 13.6 Å². The van der Waals surface area contributed by atoms with E-state index in [2.05, 4.69) is 5.10 Å². The largest absolute Gasteiger partial charge is 0.480 e. The number of hydrogen-bond donors (Lipinski definition) is 0. The van der Waals surface area contributed by atoms with Crippen LogP contribution >= 0.6 is 0 Å². The molecule has 1 aromatic carbocycles. The number of nitrogens with zero attached hydrogens (tertiary/aromatic N) is 2. The fourth-order valence-electron chi connectivity index (χ4n) is 1.61. The Morgan fingerprint density at radius 3 is 2.53 bits per heavy atom. The van der Waals surface area contributed by atoms with E-state index < -0.39 is 18.0 Å². The molecule has 0 aliphatic heterocycles. The number of hydrogen-bond acceptors (Lipinski definition) is 3. The van der Waals surface area contributed by atoms with E-state index in [1.165, 1.54) is 37.4 Å². The van der Waals surface area contributed by atoms with E-state index in [1.807, 2.05) is 0 Å². The molecule has 100 valence electrons. The molecular formula is C13H12F2N2O2. The van der Waals surface area contributed by atoms with E-state index in [0.717, 1.165) is 6.07 Å². The maximum absolute atomic E-state index is 14.0. The van der Waals surface area contributed by atoms with Crippen LogP contribution in [0.4, 0.5) is 8.78 Å². The Morgan fingerprint density at radius 2 is 1.89 bits per heavy atom. The molecule has 0 aliphatic rings. The monoisotopic (exact) mass is 266 g/mol. The van der Waals surface area contributed by atoms with Gasteiger partial charge in [0.1, 0.15) is 6.54 Å². The molecule has 0 bridgehead atoms. The van der Waals surface area contributed by atoms with Crippen molar-refractivity contribution in [2.45, 2.75) is 12.5 Å². The minimum Gasteiger partial charge on any atom is -0.480 e. The lowest BCUT2D eigenvalue weighted by molar-refractivity contribution is -0.0270. The summed E-state index contributed by atoms with van der Waals surface area (Å²) < 4.78 is 33.5. The first-order valence-electron chi connectivity index (χ1n) is 5.58. The van der Waals surface area contributed by atoms with Crippen LogP contribution in [0.15, 0.2) is 47.3 Å². The summed E-state index contributed by atoms with van der Waals surface area (Å²) in [6, 6.07) is 9.79. The lowest BCUT2D eigenvalue weighted by Crippen LogP contribution is -2.31. The van der Waals surface area contributed by atoms with E-state index in [1.54, 1.807) is 6.07 Å². The van der Waals surface area contributed by atoms with E-state index in [4.69, 9.17) is 4.74 Å². The van der Waals surface area contributed by atoms with Gasteiger partial charge in [0, 0.05) is 17.7 Å². The van der Waals surface area contributed by atoms with Gasteiger partial charge in [-0.15, -0.1) is 5.10 Å². The molecule has 0 N–H and O–H groups in total. The number of benzene rings is 1. The van der Waals surface area contributed by atoms with Crippen LogP contribution in [0, 0.1) is 0 Å². The summed E-state index contributed by atoms with van der Waals surface area (Å²) in [5, 5.41) is 3.70. The highest BCUT2D eigenvalue weighted by molar-refractivity contribution is 5.19. The Bertz CT molecular complexity index is 612. The molecule has 0 unspecified atom stereocenters. The minimum absolute atomic E-state index is 0.114. The normalized spacial score (nSPS) is 11.3. The van der Waals surface area contributed by atoms with Crippen LogP contribution in [0.1, 0.15) is 5.56 Å². The number of ether oxygens (including phenoxy) is 1. The first-order chi connectivity index (χ1) is 9.03. The molecule has 2 rings (SSSR count). The first kappa shape index (κ1) is 13.2. The zero-order chi connectivity index (χ0) is 13.9. The van der Waals surface area contributed by atoms with Gasteiger partial charge in [-0.05, 0) is 0 Å². The summed E-state index contributed by atoms with van der Waals surface area (Å²) in [6.07, 6.45) is 0. The Morgan fingerprint density at radius 1 is 1.21 bits per heavy atom. The van der Waals surface area contributed by atoms with Crippen molar-refractivity contribution in [3.63, 3.8) is 0 Å². The second kappa shape index (κ2) is 5.17. The van der Waals surface area contributed by atoms with E-state index in [-0.39, 0.29) is 11.4 Å². The molecule has 4 nitrogen and oxygen atoms in total. The lowest BCUT2D eigenvalue weighted by Gasteiger charge is -2.17. The van der Waals surface area contributed by atoms with Crippen LogP contribution in [-0.4, -0.2) is 16.9 Å². The Balaban J connectivity index is 2.32. The topological polar surface area (TPSA) is 44.1 Å². The summed E-state index contributed by atoms with van der Waals surface area (Å²) >= 11 is 0. The predicted octanol–water partition coefficient (Wildman–Crippen LogP) is 2.04. The minimum atomic E-state index is -3.18. The lowest BCUT2D eigenvalue weighted by atomic mass is 10.1. The molecule has 0 saturated heterocycles. The highest BCUT2D eigenvalue weighted by Gasteiger charge is 2.32. The van der Waals surface area contributed by atoms with E-state index >= 15 is 0 Å². The molecule has 0 fully saturated rings. The molecule has 19 heavy (non-hydrogen) atoms. The smallest absolute Gasteiger partial charge is 0.292 e. The molecule has 1 heterocycles. The number of methoxy groups -OCH3 is 1. The van der Waals surface area contributed by atoms with Crippen molar-refractivity contribution >= 4 is 0 Å². The maximum atomic E-state index is 14.0. The van der Waals surface area contributed by atoms with Crippen molar-refractivity contribution < 1.29 is 13.5 Å². The summed E-state index contributed by atoms with van der Waals surface area (Å²) in [5.41, 5.74) is -0.761. The molecule has 0 radical (unpaired) electrons. The van der Waals surface area contributed by atoms with Gasteiger partial charge in [0.05, 0.1) is 7.11 Å². The van der Waals surface area contributed by atoms with Gasteiger partial charge in [-0.2, -0.15) is 8.78 Å². The van der Waals surface area contributed by atoms with Gasteiger partial charge in [-0.25, -0.2) is 4.68 Å². The van der Waals surface area contributed by atoms with Gasteiger partial charge in [-0.1, -0.05) is 30.3 Å². The van der Waals surface area contributed by atoms with Crippen LogP contribution in [0.25, 0.3) is 0 Å². The quantitative estimate of drug-likeness (QED) is 0.850. The summed E-state index contributed by atoms with van der Waals surface area (Å²) in [5.74, 6) is -3.06. The van der Waals surface area contributed by atoms with Crippen LogP contribution in [0.3, 0.4) is 0 Å². The summed E-state index contributed by atoms with van der Waals surface area (Å²) in [6.45, 7) is -0.826. The maximum Gasteiger partial charge on any atom is 0.292 e. The molecule has 0 saturated carbocycles. The molecule has 0 spiro atoms. The standard InChI is InChI=1S/C13H12F2N2O2/c1-19-11-7-8-12(18)17(16-11)9-13(14,15)10-5-3-2-4-6-10/h2-8H,9H2,1H3. The van der Waals surface area contributed by atoms with Gasteiger partial charge in [0.25, 0.3) is 11.5 Å². The van der Waals surface area contributed by atoms with Gasteiger partial charge in [0.2, 0.25) is 5.88 Å². The third-order valence-corrected chi connectivity index (χ3v) is 2.60. The molecule has 2 aromatic rings. The third kappa shape index (κ3) is 2.96. The summed E-state index contributed by atoms with van der Waals surface area (Å²) in [7, 11) is 1.35. The molecule has 6 heteroatoms. The molecule has 1 aromatic heterocycles. The molecule has 0 atom stereocenters. The zero-order valence-electron chi connectivity index (χ0n) is 10.2. The van der Waals surface area contributed by atoms with Crippen LogP contribution < -0.4 is 10.3 Å². The number of halogens is 2. The van der Waals surface area contributed by atoms with Crippen molar-refractivity contribution in [3.05, 3.63) is 58.4 Å². The average molecular weight is 266 g/mol. The summed E-state index contributed by atoms with van der Waals surface area (Å²) in [4.78, 5) is 11.5. The zero-order valence-corrected chi connectivity index (χ0v) is 10.2. The average Bonchev–Trinajstić information content (AvgIpc) is 2.42. The number of aromatic nitrogens is 2. The van der Waals surface area contributed by atoms with Crippen molar-refractivity contribution in [2.24, 2.45) is 0 Å². The molecule has 0 amide bonds. The third-order valence-electron chi connectivity index (χ3n) is 2.60. The highest BCUT2D eigenvalue weighted by atomic mass is 19.3. The van der Waals surface area contributed by atoms with Crippen LogP contribution in [0.2, 0.25) is 0 Å². The Kier molecular flexibility index (Phi) is 3.59. The van der Waals surface area contributed by atoms with Crippen molar-refractivity contribution in [3.8, 4) is 5.88 Å². The Labute approximate surface area is 108 Å². The highest BCUT2D eigenvalue weighted by Crippen LogP contribution is 2.28. The van der Waals surface area contributed by atoms with Crippen molar-refractivity contribution in [1.29, 1.82) is 0 Å². The SMILES string of the molecule is COc1ccc(=O)n(CC(F)(F)c2ccccc2)n1.